The maximum absolute atomic E-state index is 15.4. The fraction of sp³-hybridized carbons (Fsp3) is 0.375. The first-order chi connectivity index (χ1) is 17.8. The second-order valence-electron chi connectivity index (χ2n) is 10.5. The Morgan fingerprint density at radius 2 is 1.49 bits per heavy atom. The summed E-state index contributed by atoms with van der Waals surface area (Å²) < 4.78 is 75.7. The number of allylic oxidation sites excluding steroid dienone is 1. The summed E-state index contributed by atoms with van der Waals surface area (Å²) in [4.78, 5) is 0. The monoisotopic (exact) mass is 510 g/mol. The number of fused-ring (bicyclic) bond motifs is 3. The van der Waals surface area contributed by atoms with Crippen LogP contribution in [0.25, 0.3) is 22.3 Å². The van der Waals surface area contributed by atoms with Crippen LogP contribution in [0.4, 0.5) is 22.0 Å². The zero-order valence-corrected chi connectivity index (χ0v) is 21.1. The van der Waals surface area contributed by atoms with Crippen molar-refractivity contribution in [3.63, 3.8) is 0 Å². The quantitative estimate of drug-likeness (QED) is 0.132. The predicted molar refractivity (Wildman–Crippen MR) is 138 cm³/mol. The van der Waals surface area contributed by atoms with E-state index >= 15 is 17.6 Å². The predicted octanol–water partition coefficient (Wildman–Crippen LogP) is 9.81. The second-order valence-corrected chi connectivity index (χ2v) is 10.5. The van der Waals surface area contributed by atoms with Crippen LogP contribution in [0.3, 0.4) is 0 Å². The smallest absolute Gasteiger partial charge is 0.167 e. The van der Waals surface area contributed by atoms with Gasteiger partial charge in [-0.05, 0) is 96.7 Å². The highest BCUT2D eigenvalue weighted by Gasteiger charge is 2.32. The third-order valence-electron chi connectivity index (χ3n) is 8.19. The summed E-state index contributed by atoms with van der Waals surface area (Å²) in [5.41, 5.74) is 1.40. The standard InChI is InChI=1S/C32H31F5/c1-3-5-6-7-21-14-22-15-23-16-25(30(35)32(37)28(23)27(22)31(36)29(21)34)20-12-13-24(26(33)17-20)19-10-8-18(4-2)9-11-19/h4,12-14,16-19H,2-3,5-11,15H2,1H3. The molecule has 0 radical (unpaired) electrons. The van der Waals surface area contributed by atoms with Gasteiger partial charge in [-0.25, -0.2) is 22.0 Å². The van der Waals surface area contributed by atoms with Crippen molar-refractivity contribution in [1.29, 1.82) is 0 Å². The van der Waals surface area contributed by atoms with Gasteiger partial charge in [0.15, 0.2) is 23.3 Å². The van der Waals surface area contributed by atoms with E-state index in [1.165, 1.54) is 12.1 Å². The first-order valence-corrected chi connectivity index (χ1v) is 13.3. The van der Waals surface area contributed by atoms with Crippen molar-refractivity contribution in [2.45, 2.75) is 70.6 Å². The lowest BCUT2D eigenvalue weighted by Crippen LogP contribution is -2.12. The number of aryl methyl sites for hydroxylation is 1. The largest absolute Gasteiger partial charge is 0.207 e. The Bertz CT molecular complexity index is 1350. The summed E-state index contributed by atoms with van der Waals surface area (Å²) in [7, 11) is 0. The molecule has 3 aromatic carbocycles. The zero-order valence-electron chi connectivity index (χ0n) is 21.1. The van der Waals surface area contributed by atoms with Crippen molar-refractivity contribution in [3.05, 3.63) is 94.3 Å². The molecule has 194 valence electrons. The molecule has 0 bridgehead atoms. The molecule has 0 atom stereocenters. The highest BCUT2D eigenvalue weighted by atomic mass is 19.2. The maximum Gasteiger partial charge on any atom is 0.167 e. The first kappa shape index (κ1) is 25.7. The number of benzene rings is 3. The minimum Gasteiger partial charge on any atom is -0.207 e. The number of hydrogen-bond donors (Lipinski definition) is 0. The second kappa shape index (κ2) is 10.4. The summed E-state index contributed by atoms with van der Waals surface area (Å²) in [6.07, 6.45) is 8.71. The third-order valence-corrected chi connectivity index (χ3v) is 8.19. The molecular weight excluding hydrogens is 479 g/mol. The summed E-state index contributed by atoms with van der Waals surface area (Å²) in [5.74, 6) is -4.43. The van der Waals surface area contributed by atoms with E-state index in [-0.39, 0.29) is 40.2 Å². The van der Waals surface area contributed by atoms with Crippen molar-refractivity contribution in [2.24, 2.45) is 5.92 Å². The van der Waals surface area contributed by atoms with Gasteiger partial charge in [0.05, 0.1) is 0 Å². The molecule has 3 aromatic rings. The lowest BCUT2D eigenvalue weighted by atomic mass is 9.78. The Hall–Kier alpha value is -2.95. The normalized spacial score (nSPS) is 18.5. The zero-order chi connectivity index (χ0) is 26.3. The molecule has 1 saturated carbocycles. The van der Waals surface area contributed by atoms with Gasteiger partial charge >= 0.3 is 0 Å². The van der Waals surface area contributed by atoms with Crippen LogP contribution in [0.1, 0.15) is 80.0 Å². The molecule has 0 aromatic heterocycles. The maximum atomic E-state index is 15.4. The van der Waals surface area contributed by atoms with E-state index in [4.69, 9.17) is 0 Å². The van der Waals surface area contributed by atoms with Crippen molar-refractivity contribution >= 4 is 0 Å². The Morgan fingerprint density at radius 3 is 2.14 bits per heavy atom. The van der Waals surface area contributed by atoms with E-state index in [1.807, 2.05) is 13.0 Å². The summed E-state index contributed by atoms with van der Waals surface area (Å²) in [5, 5.41) is 0. The van der Waals surface area contributed by atoms with Crippen LogP contribution in [-0.4, -0.2) is 0 Å². The number of hydrogen-bond acceptors (Lipinski definition) is 0. The van der Waals surface area contributed by atoms with E-state index in [2.05, 4.69) is 6.58 Å². The molecule has 0 aliphatic heterocycles. The van der Waals surface area contributed by atoms with E-state index in [0.29, 0.717) is 29.0 Å². The molecule has 0 unspecified atom stereocenters. The average molecular weight is 511 g/mol. The fourth-order valence-electron chi connectivity index (χ4n) is 6.09. The van der Waals surface area contributed by atoms with E-state index < -0.39 is 29.1 Å². The van der Waals surface area contributed by atoms with Crippen LogP contribution < -0.4 is 0 Å². The van der Waals surface area contributed by atoms with Gasteiger partial charge in [0, 0.05) is 16.7 Å². The lowest BCUT2D eigenvalue weighted by Gasteiger charge is -2.27. The molecule has 0 heterocycles. The Balaban J connectivity index is 1.48. The van der Waals surface area contributed by atoms with Crippen molar-refractivity contribution in [3.8, 4) is 22.3 Å². The van der Waals surface area contributed by atoms with Gasteiger partial charge in [0.1, 0.15) is 5.82 Å². The van der Waals surface area contributed by atoms with Gasteiger partial charge in [-0.2, -0.15) is 0 Å². The van der Waals surface area contributed by atoms with E-state index in [9.17, 15) is 4.39 Å². The van der Waals surface area contributed by atoms with Gasteiger partial charge in [-0.1, -0.05) is 44.0 Å². The molecule has 0 N–H and O–H groups in total. The minimum atomic E-state index is -1.23. The van der Waals surface area contributed by atoms with Crippen molar-refractivity contribution in [1.82, 2.24) is 0 Å². The molecule has 0 amide bonds. The third kappa shape index (κ3) is 4.62. The molecule has 0 saturated heterocycles. The van der Waals surface area contributed by atoms with Crippen LogP contribution in [-0.2, 0) is 12.8 Å². The lowest BCUT2D eigenvalue weighted by molar-refractivity contribution is 0.369. The summed E-state index contributed by atoms with van der Waals surface area (Å²) in [6, 6.07) is 7.58. The molecule has 5 heteroatoms. The number of halogens is 5. The topological polar surface area (TPSA) is 0 Å². The Kier molecular flexibility index (Phi) is 7.24. The molecule has 1 fully saturated rings. The van der Waals surface area contributed by atoms with Gasteiger partial charge in [0.25, 0.3) is 0 Å². The van der Waals surface area contributed by atoms with Crippen molar-refractivity contribution < 1.29 is 22.0 Å². The highest BCUT2D eigenvalue weighted by molar-refractivity contribution is 5.82. The van der Waals surface area contributed by atoms with E-state index in [1.54, 1.807) is 18.2 Å². The molecule has 2 aliphatic carbocycles. The fourth-order valence-corrected chi connectivity index (χ4v) is 6.09. The van der Waals surface area contributed by atoms with Crippen LogP contribution in [0.2, 0.25) is 0 Å². The molecule has 5 rings (SSSR count). The SMILES string of the molecule is C=CC1CCC(c2ccc(-c3cc4c(c(F)c3F)-c3c(cc(CCCCC)c(F)c3F)C4)cc2F)CC1. The van der Waals surface area contributed by atoms with Gasteiger partial charge in [-0.15, -0.1) is 6.58 Å². The molecular formula is C32H31F5. The van der Waals surface area contributed by atoms with Crippen LogP contribution in [0.15, 0.2) is 43.0 Å². The van der Waals surface area contributed by atoms with Crippen LogP contribution in [0, 0.1) is 35.0 Å². The van der Waals surface area contributed by atoms with Gasteiger partial charge < -0.3 is 0 Å². The molecule has 2 aliphatic rings. The van der Waals surface area contributed by atoms with Crippen molar-refractivity contribution in [2.75, 3.05) is 0 Å². The Morgan fingerprint density at radius 1 is 0.811 bits per heavy atom. The molecule has 0 spiro atoms. The average Bonchev–Trinajstić information content (AvgIpc) is 3.27. The van der Waals surface area contributed by atoms with Gasteiger partial charge in [-0.3, -0.25) is 0 Å². The minimum absolute atomic E-state index is 0.0751. The molecule has 37 heavy (non-hydrogen) atoms. The summed E-state index contributed by atoms with van der Waals surface area (Å²) >= 11 is 0. The first-order valence-electron chi connectivity index (χ1n) is 13.3. The number of rotatable bonds is 7. The van der Waals surface area contributed by atoms with Gasteiger partial charge in [0.2, 0.25) is 0 Å². The summed E-state index contributed by atoms with van der Waals surface area (Å²) in [6.45, 7) is 5.87. The highest BCUT2D eigenvalue weighted by Crippen LogP contribution is 2.45. The Labute approximate surface area is 215 Å². The van der Waals surface area contributed by atoms with Crippen LogP contribution in [0.5, 0.6) is 0 Å². The van der Waals surface area contributed by atoms with Crippen LogP contribution >= 0.6 is 0 Å². The molecule has 0 nitrogen and oxygen atoms in total. The van der Waals surface area contributed by atoms with E-state index in [0.717, 1.165) is 44.9 Å². The number of unbranched alkanes of at least 4 members (excludes halogenated alkanes) is 2.